The Morgan fingerprint density at radius 1 is 1.44 bits per heavy atom. The molecule has 1 aromatic heterocycles. The number of nitrogens with one attached hydrogen (secondary N) is 2. The third-order valence-electron chi connectivity index (χ3n) is 2.25. The average Bonchev–Trinajstić information content (AvgIpc) is 2.76. The van der Waals surface area contributed by atoms with E-state index < -0.39 is 0 Å². The molecule has 0 radical (unpaired) electrons. The van der Waals surface area contributed by atoms with E-state index in [-0.39, 0.29) is 11.9 Å². The molecule has 0 spiro atoms. The molecule has 1 atom stereocenters. The summed E-state index contributed by atoms with van der Waals surface area (Å²) in [5.41, 5.74) is 0. The first kappa shape index (κ1) is 13.2. The minimum Gasteiger partial charge on any atom is -0.355 e. The Labute approximate surface area is 101 Å². The minimum atomic E-state index is 0.0668. The van der Waals surface area contributed by atoms with Gasteiger partial charge in [-0.25, -0.2) is 0 Å². The highest BCUT2D eigenvalue weighted by atomic mass is 32.1. The zero-order valence-electron chi connectivity index (χ0n) is 10.1. The van der Waals surface area contributed by atoms with Crippen LogP contribution in [0.3, 0.4) is 0 Å². The smallest absolute Gasteiger partial charge is 0.233 e. The number of carbonyl (C=O) groups is 1. The lowest BCUT2D eigenvalue weighted by Crippen LogP contribution is -2.36. The van der Waals surface area contributed by atoms with E-state index in [4.69, 9.17) is 0 Å². The second-order valence-electron chi connectivity index (χ2n) is 4.32. The highest BCUT2D eigenvalue weighted by molar-refractivity contribution is 7.10. The minimum absolute atomic E-state index is 0.0668. The van der Waals surface area contributed by atoms with Gasteiger partial charge in [0.05, 0.1) is 6.54 Å². The Bertz CT molecular complexity index is 309. The van der Waals surface area contributed by atoms with Crippen LogP contribution >= 0.6 is 11.3 Å². The Kier molecular flexibility index (Phi) is 5.49. The Morgan fingerprint density at radius 3 is 2.75 bits per heavy atom. The molecule has 3 nitrogen and oxygen atoms in total. The van der Waals surface area contributed by atoms with Crippen molar-refractivity contribution < 1.29 is 4.79 Å². The molecule has 1 aromatic rings. The van der Waals surface area contributed by atoms with Crippen molar-refractivity contribution in [3.05, 3.63) is 22.4 Å². The summed E-state index contributed by atoms with van der Waals surface area (Å²) in [5, 5.41) is 8.14. The van der Waals surface area contributed by atoms with E-state index in [0.717, 1.165) is 6.54 Å². The zero-order chi connectivity index (χ0) is 12.0. The van der Waals surface area contributed by atoms with Gasteiger partial charge in [-0.2, -0.15) is 0 Å². The molecule has 0 aliphatic carbocycles. The third kappa shape index (κ3) is 4.77. The van der Waals surface area contributed by atoms with Crippen LogP contribution in [-0.4, -0.2) is 19.0 Å². The van der Waals surface area contributed by atoms with Crippen molar-refractivity contribution >= 4 is 17.2 Å². The van der Waals surface area contributed by atoms with E-state index in [1.807, 2.05) is 11.4 Å². The molecule has 0 saturated carbocycles. The van der Waals surface area contributed by atoms with Crippen LogP contribution in [0.25, 0.3) is 0 Å². The fourth-order valence-electron chi connectivity index (χ4n) is 1.26. The van der Waals surface area contributed by atoms with Gasteiger partial charge in [0.25, 0.3) is 0 Å². The normalized spacial score (nSPS) is 12.8. The van der Waals surface area contributed by atoms with Gasteiger partial charge in [-0.3, -0.25) is 4.79 Å². The second-order valence-corrected chi connectivity index (χ2v) is 5.30. The van der Waals surface area contributed by atoms with E-state index in [1.165, 1.54) is 4.88 Å². The highest BCUT2D eigenvalue weighted by Crippen LogP contribution is 2.17. The molecule has 90 valence electrons. The Morgan fingerprint density at radius 2 is 2.19 bits per heavy atom. The standard InChI is InChI=1S/C12H20N2OS/c1-9(2)7-14-12(15)8-13-10(3)11-5-4-6-16-11/h4-6,9-10,13H,7-8H2,1-3H3,(H,14,15). The molecule has 1 heterocycles. The largest absolute Gasteiger partial charge is 0.355 e. The van der Waals surface area contributed by atoms with Gasteiger partial charge in [0.1, 0.15) is 0 Å². The molecule has 1 unspecified atom stereocenters. The monoisotopic (exact) mass is 240 g/mol. The summed E-state index contributed by atoms with van der Waals surface area (Å²) in [4.78, 5) is 12.7. The van der Waals surface area contributed by atoms with Gasteiger partial charge in [-0.1, -0.05) is 19.9 Å². The molecule has 0 bridgehead atoms. The summed E-state index contributed by atoms with van der Waals surface area (Å²) in [6.07, 6.45) is 0. The van der Waals surface area contributed by atoms with E-state index in [0.29, 0.717) is 12.5 Å². The van der Waals surface area contributed by atoms with Crippen LogP contribution in [0.4, 0.5) is 0 Å². The van der Waals surface area contributed by atoms with E-state index in [9.17, 15) is 4.79 Å². The van der Waals surface area contributed by atoms with Gasteiger partial charge in [0.15, 0.2) is 0 Å². The van der Waals surface area contributed by atoms with Gasteiger partial charge in [-0.05, 0) is 24.3 Å². The van der Waals surface area contributed by atoms with Gasteiger partial charge < -0.3 is 10.6 Å². The van der Waals surface area contributed by atoms with Crippen LogP contribution < -0.4 is 10.6 Å². The molecule has 16 heavy (non-hydrogen) atoms. The summed E-state index contributed by atoms with van der Waals surface area (Å²) < 4.78 is 0. The van der Waals surface area contributed by atoms with Gasteiger partial charge in [0.2, 0.25) is 5.91 Å². The van der Waals surface area contributed by atoms with Crippen LogP contribution in [0.1, 0.15) is 31.7 Å². The molecule has 4 heteroatoms. The lowest BCUT2D eigenvalue weighted by atomic mass is 10.2. The van der Waals surface area contributed by atoms with Crippen molar-refractivity contribution in [1.29, 1.82) is 0 Å². The Balaban J connectivity index is 2.21. The number of amides is 1. The maximum atomic E-state index is 11.5. The molecule has 2 N–H and O–H groups in total. The van der Waals surface area contributed by atoms with Crippen LogP contribution in [0, 0.1) is 5.92 Å². The maximum Gasteiger partial charge on any atom is 0.233 e. The summed E-state index contributed by atoms with van der Waals surface area (Å²) in [7, 11) is 0. The Hall–Kier alpha value is -0.870. The fourth-order valence-corrected chi connectivity index (χ4v) is 2.02. The highest BCUT2D eigenvalue weighted by Gasteiger charge is 2.08. The number of thiophene rings is 1. The predicted molar refractivity (Wildman–Crippen MR) is 68.6 cm³/mol. The van der Waals surface area contributed by atoms with Gasteiger partial charge in [0, 0.05) is 17.5 Å². The molecule has 0 aromatic carbocycles. The van der Waals surface area contributed by atoms with Crippen molar-refractivity contribution in [2.24, 2.45) is 5.92 Å². The van der Waals surface area contributed by atoms with Crippen molar-refractivity contribution in [3.63, 3.8) is 0 Å². The van der Waals surface area contributed by atoms with Crippen molar-refractivity contribution in [2.75, 3.05) is 13.1 Å². The summed E-state index contributed by atoms with van der Waals surface area (Å²) in [6.45, 7) is 7.37. The first-order valence-corrected chi connectivity index (χ1v) is 6.51. The number of carbonyl (C=O) groups excluding carboxylic acids is 1. The molecule has 0 aliphatic rings. The first-order valence-electron chi connectivity index (χ1n) is 5.63. The van der Waals surface area contributed by atoms with Crippen LogP contribution in [-0.2, 0) is 4.79 Å². The van der Waals surface area contributed by atoms with E-state index >= 15 is 0 Å². The summed E-state index contributed by atoms with van der Waals surface area (Å²) in [6, 6.07) is 4.34. The van der Waals surface area contributed by atoms with Crippen LogP contribution in [0.2, 0.25) is 0 Å². The molecular weight excluding hydrogens is 220 g/mol. The van der Waals surface area contributed by atoms with Crippen molar-refractivity contribution in [2.45, 2.75) is 26.8 Å². The topological polar surface area (TPSA) is 41.1 Å². The SMILES string of the molecule is CC(C)CNC(=O)CNC(C)c1cccs1. The molecule has 0 aliphatic heterocycles. The first-order chi connectivity index (χ1) is 7.59. The zero-order valence-corrected chi connectivity index (χ0v) is 10.9. The lowest BCUT2D eigenvalue weighted by Gasteiger charge is -2.12. The molecular formula is C12H20N2OS. The number of hydrogen-bond acceptors (Lipinski definition) is 3. The summed E-state index contributed by atoms with van der Waals surface area (Å²) in [5.74, 6) is 0.566. The van der Waals surface area contributed by atoms with Crippen LogP contribution in [0.5, 0.6) is 0 Å². The fraction of sp³-hybridized carbons (Fsp3) is 0.583. The predicted octanol–water partition coefficient (Wildman–Crippen LogP) is 2.17. The van der Waals surface area contributed by atoms with E-state index in [1.54, 1.807) is 11.3 Å². The third-order valence-corrected chi connectivity index (χ3v) is 3.30. The average molecular weight is 240 g/mol. The van der Waals surface area contributed by atoms with Gasteiger partial charge >= 0.3 is 0 Å². The molecule has 1 rings (SSSR count). The van der Waals surface area contributed by atoms with Crippen molar-refractivity contribution in [3.8, 4) is 0 Å². The second kappa shape index (κ2) is 6.66. The number of hydrogen-bond donors (Lipinski definition) is 2. The molecule has 1 amide bonds. The lowest BCUT2D eigenvalue weighted by molar-refractivity contribution is -0.120. The maximum absolute atomic E-state index is 11.5. The molecule has 0 saturated heterocycles. The van der Waals surface area contributed by atoms with Crippen molar-refractivity contribution in [1.82, 2.24) is 10.6 Å². The van der Waals surface area contributed by atoms with E-state index in [2.05, 4.69) is 37.5 Å². The summed E-state index contributed by atoms with van der Waals surface area (Å²) >= 11 is 1.71. The van der Waals surface area contributed by atoms with Crippen LogP contribution in [0.15, 0.2) is 17.5 Å². The number of rotatable bonds is 6. The quantitative estimate of drug-likeness (QED) is 0.800. The molecule has 0 fully saturated rings. The van der Waals surface area contributed by atoms with Gasteiger partial charge in [-0.15, -0.1) is 11.3 Å².